The van der Waals surface area contributed by atoms with Crippen molar-refractivity contribution >= 4 is 67.7 Å². The standard InChI is InChI=1S/C40H39N9O9S/c1-57-32-18-24(22-48-12-3-11-41-48)19-33-35(32)36(43-58-33)44-59(55,56)28-5-2-4-26(20-28)45-14-16-46(17-15-45)38(52)25-10-13-47(23-25)27-6-7-29-30(21-27)40(54)49(39(29)53)31-8-9-34(50)42-37(31)51/h2-7,11-12,18-21,25,31H,8-10,13-17,22-23H2,1H3,(H,43,44)(H,42,50,51). The number of aromatic nitrogens is 3. The molecule has 3 saturated heterocycles. The predicted molar refractivity (Wildman–Crippen MR) is 211 cm³/mol. The number of piperazine rings is 1. The van der Waals surface area contributed by atoms with E-state index in [1.807, 2.05) is 33.0 Å². The van der Waals surface area contributed by atoms with Crippen molar-refractivity contribution < 1.29 is 41.7 Å². The van der Waals surface area contributed by atoms with E-state index in [4.69, 9.17) is 9.26 Å². The van der Waals surface area contributed by atoms with Gasteiger partial charge in [0.25, 0.3) is 21.8 Å². The molecule has 2 unspecified atom stereocenters. The van der Waals surface area contributed by atoms with E-state index in [9.17, 15) is 32.4 Å². The number of rotatable bonds is 10. The fraction of sp³-hybridized carbons (Fsp3) is 0.325. The number of nitrogens with one attached hydrogen (secondary N) is 2. The van der Waals surface area contributed by atoms with Crippen LogP contribution >= 0.6 is 0 Å². The van der Waals surface area contributed by atoms with Crippen molar-refractivity contribution in [3.63, 3.8) is 0 Å². The first-order valence-electron chi connectivity index (χ1n) is 19.2. The molecule has 59 heavy (non-hydrogen) atoms. The summed E-state index contributed by atoms with van der Waals surface area (Å²) in [4.78, 5) is 71.2. The van der Waals surface area contributed by atoms with Crippen molar-refractivity contribution in [2.75, 3.05) is 60.9 Å². The van der Waals surface area contributed by atoms with Crippen LogP contribution in [0.25, 0.3) is 11.0 Å². The Labute approximate surface area is 337 Å². The van der Waals surface area contributed by atoms with Gasteiger partial charge in [-0.05, 0) is 73.0 Å². The Morgan fingerprint density at radius 2 is 1.71 bits per heavy atom. The first kappa shape index (κ1) is 37.8. The van der Waals surface area contributed by atoms with E-state index >= 15 is 0 Å². The number of nitrogens with zero attached hydrogens (tertiary/aromatic N) is 7. The van der Waals surface area contributed by atoms with Crippen molar-refractivity contribution in [3.8, 4) is 5.75 Å². The van der Waals surface area contributed by atoms with Crippen molar-refractivity contribution in [2.45, 2.75) is 36.7 Å². The first-order valence-corrected chi connectivity index (χ1v) is 20.7. The molecular formula is C40H39N9O9S. The molecule has 2 N–H and O–H groups in total. The molecule has 0 aliphatic carbocycles. The SMILES string of the molecule is COc1cc(Cn2cccn2)cc2onc(NS(=O)(=O)c3cccc(N4CCN(C(=O)C5CCN(c6ccc7c(c6)C(=O)N(C6CCC(=O)NC6=O)C7=O)C5)CC4)c3)c12. The summed E-state index contributed by atoms with van der Waals surface area (Å²) in [5.74, 6) is -2.10. The third-order valence-corrected chi connectivity index (χ3v) is 12.7. The average Bonchev–Trinajstić information content (AvgIpc) is 4.06. The van der Waals surface area contributed by atoms with Crippen LogP contribution < -0.4 is 24.6 Å². The number of carbonyl (C=O) groups excluding carboxylic acids is 5. The van der Waals surface area contributed by atoms with Crippen molar-refractivity contribution in [3.05, 3.63) is 89.7 Å². The molecule has 304 valence electrons. The highest BCUT2D eigenvalue weighted by Gasteiger charge is 2.45. The lowest BCUT2D eigenvalue weighted by Crippen LogP contribution is -2.54. The van der Waals surface area contributed by atoms with Gasteiger partial charge in [-0.25, -0.2) is 8.42 Å². The minimum atomic E-state index is -4.10. The summed E-state index contributed by atoms with van der Waals surface area (Å²) in [6.45, 7) is 3.35. The van der Waals surface area contributed by atoms with Gasteiger partial charge in [0.2, 0.25) is 17.7 Å². The number of piperidine rings is 1. The quantitative estimate of drug-likeness (QED) is 0.194. The molecular weight excluding hydrogens is 783 g/mol. The minimum Gasteiger partial charge on any atom is -0.496 e. The molecule has 0 spiro atoms. The number of fused-ring (bicyclic) bond motifs is 2. The van der Waals surface area contributed by atoms with E-state index < -0.39 is 39.7 Å². The molecule has 0 radical (unpaired) electrons. The third kappa shape index (κ3) is 7.00. The largest absolute Gasteiger partial charge is 0.496 e. The highest BCUT2D eigenvalue weighted by atomic mass is 32.2. The predicted octanol–water partition coefficient (Wildman–Crippen LogP) is 2.46. The van der Waals surface area contributed by atoms with Crippen LogP contribution in [0.4, 0.5) is 17.2 Å². The molecule has 3 fully saturated rings. The van der Waals surface area contributed by atoms with Crippen LogP contribution in [-0.2, 0) is 31.0 Å². The van der Waals surface area contributed by atoms with Crippen molar-refractivity contribution in [1.82, 2.24) is 30.1 Å². The van der Waals surface area contributed by atoms with E-state index in [1.54, 1.807) is 53.3 Å². The number of hydrogen-bond acceptors (Lipinski definition) is 13. The highest BCUT2D eigenvalue weighted by molar-refractivity contribution is 7.92. The molecule has 5 aromatic rings. The van der Waals surface area contributed by atoms with E-state index in [0.29, 0.717) is 80.3 Å². The van der Waals surface area contributed by atoms with Gasteiger partial charge in [-0.3, -0.25) is 43.6 Å². The Hall–Kier alpha value is -6.76. The molecule has 18 nitrogen and oxygen atoms in total. The molecule has 5 amide bonds. The maximum atomic E-state index is 13.7. The fourth-order valence-corrected chi connectivity index (χ4v) is 9.37. The van der Waals surface area contributed by atoms with Crippen LogP contribution in [0.1, 0.15) is 45.5 Å². The number of amides is 5. The average molecular weight is 822 g/mol. The van der Waals surface area contributed by atoms with Gasteiger partial charge < -0.3 is 24.0 Å². The highest BCUT2D eigenvalue weighted by Crippen LogP contribution is 2.36. The second-order valence-electron chi connectivity index (χ2n) is 14.9. The molecule has 0 bridgehead atoms. The van der Waals surface area contributed by atoms with Gasteiger partial charge in [-0.2, -0.15) is 5.10 Å². The zero-order valence-electron chi connectivity index (χ0n) is 31.9. The molecule has 2 aromatic heterocycles. The lowest BCUT2D eigenvalue weighted by atomic mass is 10.0. The summed E-state index contributed by atoms with van der Waals surface area (Å²) in [7, 11) is -2.61. The number of sulfonamides is 1. The van der Waals surface area contributed by atoms with E-state index in [2.05, 4.69) is 20.3 Å². The fourth-order valence-electron chi connectivity index (χ4n) is 8.32. The van der Waals surface area contributed by atoms with E-state index in [1.165, 1.54) is 13.2 Å². The Balaban J connectivity index is 0.817. The molecule has 6 heterocycles. The lowest BCUT2D eigenvalue weighted by molar-refractivity contribution is -0.136. The first-order chi connectivity index (χ1) is 28.5. The van der Waals surface area contributed by atoms with Crippen molar-refractivity contribution in [1.29, 1.82) is 0 Å². The molecule has 19 heteroatoms. The van der Waals surface area contributed by atoms with Gasteiger partial charge in [-0.1, -0.05) is 11.2 Å². The van der Waals surface area contributed by atoms with Gasteiger partial charge in [0, 0.05) is 69.5 Å². The number of ether oxygens (including phenoxy) is 1. The number of benzene rings is 3. The molecule has 4 aliphatic rings. The molecule has 3 aromatic carbocycles. The van der Waals surface area contributed by atoms with Crippen LogP contribution in [0, 0.1) is 5.92 Å². The Morgan fingerprint density at radius 3 is 2.47 bits per heavy atom. The zero-order valence-corrected chi connectivity index (χ0v) is 32.7. The number of anilines is 3. The van der Waals surface area contributed by atoms with Crippen LogP contribution in [0.15, 0.2) is 82.5 Å². The van der Waals surface area contributed by atoms with Gasteiger partial charge in [0.1, 0.15) is 17.2 Å². The van der Waals surface area contributed by atoms with Crippen LogP contribution in [0.5, 0.6) is 5.75 Å². The zero-order chi connectivity index (χ0) is 41.0. The smallest absolute Gasteiger partial charge is 0.263 e. The maximum absolute atomic E-state index is 13.7. The van der Waals surface area contributed by atoms with Gasteiger partial charge in [0.15, 0.2) is 11.4 Å². The second-order valence-corrected chi connectivity index (χ2v) is 16.6. The number of carbonyl (C=O) groups is 5. The number of methoxy groups -OCH3 is 1. The number of hydrogen-bond donors (Lipinski definition) is 2. The molecule has 0 saturated carbocycles. The molecule has 4 aliphatic heterocycles. The lowest BCUT2D eigenvalue weighted by Gasteiger charge is -2.37. The topological polar surface area (TPSA) is 210 Å². The molecule has 9 rings (SSSR count). The monoisotopic (exact) mass is 821 g/mol. The van der Waals surface area contributed by atoms with E-state index in [-0.39, 0.29) is 46.5 Å². The summed E-state index contributed by atoms with van der Waals surface area (Å²) >= 11 is 0. The summed E-state index contributed by atoms with van der Waals surface area (Å²) < 4.78 is 42.8. The normalized spacial score (nSPS) is 19.7. The second kappa shape index (κ2) is 14.9. The summed E-state index contributed by atoms with van der Waals surface area (Å²) in [5, 5.41) is 10.8. The van der Waals surface area contributed by atoms with Gasteiger partial charge in [0.05, 0.1) is 35.6 Å². The van der Waals surface area contributed by atoms with Gasteiger partial charge >= 0.3 is 0 Å². The Bertz CT molecular complexity index is 2640. The van der Waals surface area contributed by atoms with Gasteiger partial charge in [-0.15, -0.1) is 0 Å². The van der Waals surface area contributed by atoms with Crippen molar-refractivity contribution in [2.24, 2.45) is 5.92 Å². The molecule has 2 atom stereocenters. The third-order valence-electron chi connectivity index (χ3n) is 11.4. The summed E-state index contributed by atoms with van der Waals surface area (Å²) in [5.41, 5.74) is 2.98. The Kier molecular flexibility index (Phi) is 9.53. The maximum Gasteiger partial charge on any atom is 0.263 e. The number of imide groups is 2. The summed E-state index contributed by atoms with van der Waals surface area (Å²) in [6.07, 6.45) is 4.23. The Morgan fingerprint density at radius 1 is 0.915 bits per heavy atom. The summed E-state index contributed by atoms with van der Waals surface area (Å²) in [6, 6.07) is 15.9. The van der Waals surface area contributed by atoms with Crippen LogP contribution in [-0.4, -0.2) is 115 Å². The van der Waals surface area contributed by atoms with E-state index in [0.717, 1.165) is 10.5 Å². The van der Waals surface area contributed by atoms with Crippen LogP contribution in [0.2, 0.25) is 0 Å². The minimum absolute atomic E-state index is 0.00156. The van der Waals surface area contributed by atoms with Crippen LogP contribution in [0.3, 0.4) is 0 Å².